The van der Waals surface area contributed by atoms with Gasteiger partial charge >= 0.3 is 5.97 Å². The van der Waals surface area contributed by atoms with Gasteiger partial charge in [0.1, 0.15) is 0 Å². The summed E-state index contributed by atoms with van der Waals surface area (Å²) >= 11 is 0. The van der Waals surface area contributed by atoms with E-state index in [1.165, 1.54) is 12.1 Å². The molecule has 4 nitrogen and oxygen atoms in total. The standard InChI is InChI=1S/C10H9NO3/c1-6-2-8(5-12)9(10(13)14)3-7(6)4-11/h2-3,12H,5H2,1H3,(H,13,14). The van der Waals surface area contributed by atoms with E-state index in [1.807, 2.05) is 6.07 Å². The number of nitrogens with zero attached hydrogens (tertiary/aromatic N) is 1. The Labute approximate surface area is 81.0 Å². The number of aromatic carboxylic acids is 1. The lowest BCUT2D eigenvalue weighted by Crippen LogP contribution is -2.04. The third kappa shape index (κ3) is 1.73. The third-order valence-electron chi connectivity index (χ3n) is 1.97. The zero-order chi connectivity index (χ0) is 10.7. The zero-order valence-corrected chi connectivity index (χ0v) is 7.61. The van der Waals surface area contributed by atoms with Crippen LogP contribution >= 0.6 is 0 Å². The fourth-order valence-electron chi connectivity index (χ4n) is 1.22. The summed E-state index contributed by atoms with van der Waals surface area (Å²) in [5, 5.41) is 26.4. The topological polar surface area (TPSA) is 81.3 Å². The quantitative estimate of drug-likeness (QED) is 0.732. The van der Waals surface area contributed by atoms with Crippen LogP contribution in [0.3, 0.4) is 0 Å². The lowest BCUT2D eigenvalue weighted by Gasteiger charge is -2.05. The van der Waals surface area contributed by atoms with Crippen LogP contribution in [0.1, 0.15) is 27.0 Å². The molecule has 0 atom stereocenters. The molecule has 4 heteroatoms. The summed E-state index contributed by atoms with van der Waals surface area (Å²) < 4.78 is 0. The number of hydrogen-bond donors (Lipinski definition) is 2. The first-order valence-electron chi connectivity index (χ1n) is 3.98. The Bertz CT molecular complexity index is 418. The molecule has 0 spiro atoms. The highest BCUT2D eigenvalue weighted by molar-refractivity contribution is 5.90. The van der Waals surface area contributed by atoms with Crippen molar-refractivity contribution < 1.29 is 15.0 Å². The maximum atomic E-state index is 10.7. The van der Waals surface area contributed by atoms with E-state index in [9.17, 15) is 4.79 Å². The van der Waals surface area contributed by atoms with Crippen LogP contribution in [0.2, 0.25) is 0 Å². The van der Waals surface area contributed by atoms with Crippen molar-refractivity contribution in [3.63, 3.8) is 0 Å². The number of aryl methyl sites for hydroxylation is 1. The van der Waals surface area contributed by atoms with Gasteiger partial charge in [-0.1, -0.05) is 6.07 Å². The van der Waals surface area contributed by atoms with Crippen molar-refractivity contribution in [3.05, 3.63) is 34.4 Å². The second-order valence-electron chi connectivity index (χ2n) is 2.90. The average Bonchev–Trinajstić information content (AvgIpc) is 2.16. The number of aliphatic hydroxyl groups is 1. The molecule has 14 heavy (non-hydrogen) atoms. The van der Waals surface area contributed by atoms with E-state index in [1.54, 1.807) is 6.92 Å². The molecule has 0 heterocycles. The molecule has 1 rings (SSSR count). The van der Waals surface area contributed by atoms with Gasteiger partial charge in [0.2, 0.25) is 0 Å². The summed E-state index contributed by atoms with van der Waals surface area (Å²) in [6, 6.07) is 4.69. The van der Waals surface area contributed by atoms with Gasteiger partial charge in [-0.2, -0.15) is 5.26 Å². The summed E-state index contributed by atoms with van der Waals surface area (Å²) in [6.07, 6.45) is 0. The Hall–Kier alpha value is -1.86. The summed E-state index contributed by atoms with van der Waals surface area (Å²) in [7, 11) is 0. The highest BCUT2D eigenvalue weighted by Crippen LogP contribution is 2.16. The first-order chi connectivity index (χ1) is 6.60. The molecule has 0 aliphatic rings. The smallest absolute Gasteiger partial charge is 0.336 e. The van der Waals surface area contributed by atoms with Gasteiger partial charge in [-0.05, 0) is 24.1 Å². The average molecular weight is 191 g/mol. The molecule has 0 aromatic heterocycles. The van der Waals surface area contributed by atoms with Crippen molar-refractivity contribution in [2.45, 2.75) is 13.5 Å². The van der Waals surface area contributed by atoms with E-state index in [2.05, 4.69) is 0 Å². The molecule has 0 saturated heterocycles. The maximum absolute atomic E-state index is 10.7. The molecule has 1 aromatic carbocycles. The Kier molecular flexibility index (Phi) is 2.85. The number of carboxylic acids is 1. The van der Waals surface area contributed by atoms with Crippen molar-refractivity contribution in [2.24, 2.45) is 0 Å². The lowest BCUT2D eigenvalue weighted by atomic mass is 10.0. The largest absolute Gasteiger partial charge is 0.478 e. The predicted molar refractivity (Wildman–Crippen MR) is 48.8 cm³/mol. The number of benzene rings is 1. The molecule has 72 valence electrons. The van der Waals surface area contributed by atoms with Crippen LogP contribution in [0.25, 0.3) is 0 Å². The van der Waals surface area contributed by atoms with Crippen LogP contribution in [-0.2, 0) is 6.61 Å². The Morgan fingerprint density at radius 2 is 2.21 bits per heavy atom. The van der Waals surface area contributed by atoms with E-state index in [0.29, 0.717) is 16.7 Å². The molecule has 0 saturated carbocycles. The predicted octanol–water partition coefficient (Wildman–Crippen LogP) is 1.06. The Morgan fingerprint density at radius 3 is 2.64 bits per heavy atom. The SMILES string of the molecule is Cc1cc(CO)c(C(=O)O)cc1C#N. The number of hydrogen-bond acceptors (Lipinski definition) is 3. The van der Waals surface area contributed by atoms with E-state index >= 15 is 0 Å². The van der Waals surface area contributed by atoms with Crippen LogP contribution in [0.15, 0.2) is 12.1 Å². The van der Waals surface area contributed by atoms with Crippen molar-refractivity contribution in [1.29, 1.82) is 5.26 Å². The molecule has 0 aliphatic heterocycles. The second kappa shape index (κ2) is 3.90. The molecule has 0 fully saturated rings. The fraction of sp³-hybridized carbons (Fsp3) is 0.200. The van der Waals surface area contributed by atoms with Crippen LogP contribution < -0.4 is 0 Å². The second-order valence-corrected chi connectivity index (χ2v) is 2.90. The molecular weight excluding hydrogens is 182 g/mol. The van der Waals surface area contributed by atoms with Gasteiger partial charge in [0.15, 0.2) is 0 Å². The maximum Gasteiger partial charge on any atom is 0.336 e. The van der Waals surface area contributed by atoms with Gasteiger partial charge in [0.25, 0.3) is 0 Å². The van der Waals surface area contributed by atoms with Crippen molar-refractivity contribution >= 4 is 5.97 Å². The highest BCUT2D eigenvalue weighted by atomic mass is 16.4. The monoisotopic (exact) mass is 191 g/mol. The number of carbonyl (C=O) groups is 1. The molecule has 0 bridgehead atoms. The van der Waals surface area contributed by atoms with Crippen LogP contribution in [0.4, 0.5) is 0 Å². The summed E-state index contributed by atoms with van der Waals surface area (Å²) in [4.78, 5) is 10.7. The molecule has 0 unspecified atom stereocenters. The molecule has 0 amide bonds. The van der Waals surface area contributed by atoms with E-state index in [-0.39, 0.29) is 12.2 Å². The van der Waals surface area contributed by atoms with Crippen LogP contribution in [0, 0.1) is 18.3 Å². The molecule has 2 N–H and O–H groups in total. The van der Waals surface area contributed by atoms with Gasteiger partial charge in [-0.25, -0.2) is 4.79 Å². The molecule has 0 aliphatic carbocycles. The minimum absolute atomic E-state index is 0.0188. The van der Waals surface area contributed by atoms with E-state index in [4.69, 9.17) is 15.5 Å². The van der Waals surface area contributed by atoms with E-state index < -0.39 is 5.97 Å². The Balaban J connectivity index is 3.42. The number of rotatable bonds is 2. The molecule has 1 aromatic rings. The minimum Gasteiger partial charge on any atom is -0.478 e. The zero-order valence-electron chi connectivity index (χ0n) is 7.61. The van der Waals surface area contributed by atoms with Crippen molar-refractivity contribution in [1.82, 2.24) is 0 Å². The normalized spacial score (nSPS) is 9.50. The number of aliphatic hydroxyl groups excluding tert-OH is 1. The van der Waals surface area contributed by atoms with Gasteiger partial charge in [0.05, 0.1) is 23.8 Å². The fourth-order valence-corrected chi connectivity index (χ4v) is 1.22. The first kappa shape index (κ1) is 10.2. The third-order valence-corrected chi connectivity index (χ3v) is 1.97. The number of carboxylic acid groups (broad SMARTS) is 1. The van der Waals surface area contributed by atoms with Crippen LogP contribution in [0.5, 0.6) is 0 Å². The van der Waals surface area contributed by atoms with Gasteiger partial charge in [0, 0.05) is 0 Å². The van der Waals surface area contributed by atoms with Gasteiger partial charge in [-0.3, -0.25) is 0 Å². The van der Waals surface area contributed by atoms with Gasteiger partial charge < -0.3 is 10.2 Å². The summed E-state index contributed by atoms with van der Waals surface area (Å²) in [5.74, 6) is -1.13. The molecule has 0 radical (unpaired) electrons. The van der Waals surface area contributed by atoms with Crippen LogP contribution in [-0.4, -0.2) is 16.2 Å². The summed E-state index contributed by atoms with van der Waals surface area (Å²) in [6.45, 7) is 1.36. The van der Waals surface area contributed by atoms with Crippen molar-refractivity contribution in [3.8, 4) is 6.07 Å². The van der Waals surface area contributed by atoms with E-state index in [0.717, 1.165) is 0 Å². The lowest BCUT2D eigenvalue weighted by molar-refractivity contribution is 0.0693. The minimum atomic E-state index is -1.13. The summed E-state index contributed by atoms with van der Waals surface area (Å²) in [5.41, 5.74) is 1.30. The van der Waals surface area contributed by atoms with Gasteiger partial charge in [-0.15, -0.1) is 0 Å². The first-order valence-corrected chi connectivity index (χ1v) is 3.98. The van der Waals surface area contributed by atoms with Crippen molar-refractivity contribution in [2.75, 3.05) is 0 Å². The highest BCUT2D eigenvalue weighted by Gasteiger charge is 2.12. The molecular formula is C10H9NO3. The Morgan fingerprint density at radius 1 is 1.57 bits per heavy atom. The number of nitriles is 1.